The number of amides is 1. The number of aliphatic hydroxyl groups excluding tert-OH is 1. The van der Waals surface area contributed by atoms with Crippen molar-refractivity contribution >= 4 is 11.7 Å². The number of nitrogens with zero attached hydrogens (tertiary/aromatic N) is 1. The number of nitrogens with one attached hydrogen (secondary N) is 1. The van der Waals surface area contributed by atoms with Gasteiger partial charge in [0.2, 0.25) is 5.91 Å². The van der Waals surface area contributed by atoms with Gasteiger partial charge in [-0.2, -0.15) is 5.06 Å². The van der Waals surface area contributed by atoms with Crippen LogP contribution in [-0.2, 0) is 14.4 Å². The highest BCUT2D eigenvalue weighted by Crippen LogP contribution is 2.68. The van der Waals surface area contributed by atoms with E-state index < -0.39 is 0 Å². The van der Waals surface area contributed by atoms with E-state index in [1.165, 1.54) is 32.1 Å². The van der Waals surface area contributed by atoms with Gasteiger partial charge >= 0.3 is 0 Å². The Hall–Kier alpha value is -0.980. The minimum absolute atomic E-state index is 0.0561. The Kier molecular flexibility index (Phi) is 8.87. The summed E-state index contributed by atoms with van der Waals surface area (Å²) >= 11 is 0. The third-order valence-electron chi connectivity index (χ3n) is 12.8. The molecule has 0 spiro atoms. The van der Waals surface area contributed by atoms with Crippen molar-refractivity contribution in [3.8, 4) is 0 Å². The Morgan fingerprint density at radius 2 is 1.77 bits per heavy atom. The molecule has 5 fully saturated rings. The van der Waals surface area contributed by atoms with E-state index in [0.717, 1.165) is 45.1 Å². The molecule has 0 aromatic heterocycles. The molecule has 5 rings (SSSR count). The van der Waals surface area contributed by atoms with E-state index in [2.05, 4.69) is 26.1 Å². The van der Waals surface area contributed by atoms with Gasteiger partial charge in [0.1, 0.15) is 0 Å². The van der Waals surface area contributed by atoms with Gasteiger partial charge in [-0.3, -0.25) is 14.4 Å². The zero-order valence-electron chi connectivity index (χ0n) is 25.4. The quantitative estimate of drug-likeness (QED) is 0.377. The van der Waals surface area contributed by atoms with Crippen molar-refractivity contribution in [3.63, 3.8) is 0 Å². The number of ketones is 1. The number of aliphatic hydroxyl groups is 1. The SMILES string of the molecule is CCNC(=O)CC[C@H](C)C1CCC2C3C(CC[C@@]21C)[C@@]1(C)CC[C@@H](ON2CCC[C@H]2C(=O)CC)C[C@H]1C[C@H]3O. The molecule has 0 bridgehead atoms. The fourth-order valence-electron chi connectivity index (χ4n) is 10.7. The van der Waals surface area contributed by atoms with Gasteiger partial charge < -0.3 is 10.4 Å². The smallest absolute Gasteiger partial charge is 0.219 e. The van der Waals surface area contributed by atoms with E-state index >= 15 is 0 Å². The zero-order chi connectivity index (χ0) is 27.9. The van der Waals surface area contributed by atoms with Crippen molar-refractivity contribution in [1.82, 2.24) is 10.4 Å². The number of fused-ring (bicyclic) bond motifs is 5. The largest absolute Gasteiger partial charge is 0.393 e. The average Bonchev–Trinajstić information content (AvgIpc) is 3.51. The molecular formula is C33H56N2O4. The number of Topliss-reactive ketones (excluding diaryl/α,β-unsaturated/α-hetero) is 1. The molecule has 0 radical (unpaired) electrons. The van der Waals surface area contributed by atoms with E-state index in [4.69, 9.17) is 4.84 Å². The first-order valence-corrected chi connectivity index (χ1v) is 16.5. The van der Waals surface area contributed by atoms with Crippen LogP contribution in [0.4, 0.5) is 0 Å². The van der Waals surface area contributed by atoms with E-state index in [0.29, 0.717) is 60.7 Å². The fourth-order valence-corrected chi connectivity index (χ4v) is 10.7. The summed E-state index contributed by atoms with van der Waals surface area (Å²) in [7, 11) is 0. The molecule has 1 aliphatic heterocycles. The van der Waals surface area contributed by atoms with Crippen molar-refractivity contribution in [2.75, 3.05) is 13.1 Å². The lowest BCUT2D eigenvalue weighted by molar-refractivity contribution is -0.238. The summed E-state index contributed by atoms with van der Waals surface area (Å²) in [6, 6.07) is -0.0561. The van der Waals surface area contributed by atoms with E-state index in [1.54, 1.807) is 0 Å². The molecule has 4 aliphatic carbocycles. The topological polar surface area (TPSA) is 78.9 Å². The maximum Gasteiger partial charge on any atom is 0.219 e. The van der Waals surface area contributed by atoms with Crippen LogP contribution in [0.25, 0.3) is 0 Å². The van der Waals surface area contributed by atoms with Gasteiger partial charge in [-0.25, -0.2) is 0 Å². The Morgan fingerprint density at radius 3 is 2.51 bits per heavy atom. The molecule has 222 valence electrons. The van der Waals surface area contributed by atoms with Crippen LogP contribution < -0.4 is 5.32 Å². The second kappa shape index (κ2) is 11.7. The van der Waals surface area contributed by atoms with E-state index in [9.17, 15) is 14.7 Å². The summed E-state index contributed by atoms with van der Waals surface area (Å²) in [5, 5.41) is 16.7. The van der Waals surface area contributed by atoms with Gasteiger partial charge in [0.05, 0.1) is 18.2 Å². The van der Waals surface area contributed by atoms with Gasteiger partial charge in [-0.1, -0.05) is 27.7 Å². The second-order valence-electron chi connectivity index (χ2n) is 14.6. The monoisotopic (exact) mass is 544 g/mol. The molecule has 2 N–H and O–H groups in total. The van der Waals surface area contributed by atoms with Gasteiger partial charge in [0, 0.05) is 25.9 Å². The number of hydroxylamine groups is 2. The highest BCUT2D eigenvalue weighted by atomic mass is 16.7. The molecule has 1 heterocycles. The first-order chi connectivity index (χ1) is 18.6. The predicted molar refractivity (Wildman–Crippen MR) is 154 cm³/mol. The summed E-state index contributed by atoms with van der Waals surface area (Å²) in [6.45, 7) is 13.0. The van der Waals surface area contributed by atoms with Crippen molar-refractivity contribution in [1.29, 1.82) is 0 Å². The molecule has 39 heavy (non-hydrogen) atoms. The minimum atomic E-state index is -0.220. The molecule has 4 unspecified atom stereocenters. The third kappa shape index (κ3) is 5.36. The highest BCUT2D eigenvalue weighted by molar-refractivity contribution is 5.83. The predicted octanol–water partition coefficient (Wildman–Crippen LogP) is 5.91. The number of hydrogen-bond donors (Lipinski definition) is 2. The highest BCUT2D eigenvalue weighted by Gasteiger charge is 2.63. The van der Waals surface area contributed by atoms with Crippen LogP contribution >= 0.6 is 0 Å². The minimum Gasteiger partial charge on any atom is -0.393 e. The first kappa shape index (κ1) is 29.5. The molecule has 0 aromatic carbocycles. The molecule has 6 heteroatoms. The van der Waals surface area contributed by atoms with Crippen LogP contribution in [0.1, 0.15) is 118 Å². The Bertz CT molecular complexity index is 895. The Balaban J connectivity index is 1.24. The van der Waals surface area contributed by atoms with Gasteiger partial charge in [-0.05, 0) is 124 Å². The fraction of sp³-hybridized carbons (Fsp3) is 0.939. The summed E-state index contributed by atoms with van der Waals surface area (Å²) in [4.78, 5) is 31.1. The van der Waals surface area contributed by atoms with Crippen LogP contribution in [0.2, 0.25) is 0 Å². The summed E-state index contributed by atoms with van der Waals surface area (Å²) in [5.74, 6) is 3.79. The maximum absolute atomic E-state index is 12.4. The maximum atomic E-state index is 12.4. The molecule has 11 atom stereocenters. The van der Waals surface area contributed by atoms with Crippen LogP contribution in [0.3, 0.4) is 0 Å². The number of carbonyl (C=O) groups excluding carboxylic acids is 2. The summed E-state index contributed by atoms with van der Waals surface area (Å²) in [5.41, 5.74) is 0.555. The van der Waals surface area contributed by atoms with Crippen molar-refractivity contribution in [3.05, 3.63) is 0 Å². The van der Waals surface area contributed by atoms with Crippen molar-refractivity contribution in [2.24, 2.45) is 46.3 Å². The Labute approximate surface area is 237 Å². The van der Waals surface area contributed by atoms with Gasteiger partial charge in [-0.15, -0.1) is 0 Å². The normalized spacial score (nSPS) is 44.8. The molecule has 5 aliphatic rings. The average molecular weight is 545 g/mol. The van der Waals surface area contributed by atoms with Gasteiger partial charge in [0.15, 0.2) is 5.78 Å². The van der Waals surface area contributed by atoms with E-state index in [-0.39, 0.29) is 35.0 Å². The summed E-state index contributed by atoms with van der Waals surface area (Å²) < 4.78 is 0. The molecule has 1 saturated heterocycles. The van der Waals surface area contributed by atoms with Crippen LogP contribution in [0.5, 0.6) is 0 Å². The molecular weight excluding hydrogens is 488 g/mol. The lowest BCUT2D eigenvalue weighted by atomic mass is 9.43. The van der Waals surface area contributed by atoms with Crippen LogP contribution in [-0.4, -0.2) is 53.2 Å². The van der Waals surface area contributed by atoms with Gasteiger partial charge in [0.25, 0.3) is 0 Å². The first-order valence-electron chi connectivity index (χ1n) is 16.5. The molecule has 1 amide bonds. The summed E-state index contributed by atoms with van der Waals surface area (Å²) in [6.07, 6.45) is 13.2. The standard InChI is InChI=1S/C33H56N2O4/c1-6-28(36)27-9-8-18-35(27)39-23-14-16-32(4)22(19-23)20-29(37)31-25-12-11-24(33(25,5)17-15-26(31)32)21(3)10-13-30(38)34-7-2/h21-27,29,31,37H,6-20H2,1-5H3,(H,34,38)/t21-,22-,23+,24?,25?,26?,27-,29+,31?,32-,33+/m0/s1. The number of rotatable bonds is 9. The zero-order valence-corrected chi connectivity index (χ0v) is 25.4. The third-order valence-corrected chi connectivity index (χ3v) is 12.8. The lowest BCUT2D eigenvalue weighted by Crippen LogP contribution is -2.59. The number of carbonyl (C=O) groups is 2. The second-order valence-corrected chi connectivity index (χ2v) is 14.6. The number of hydrogen-bond acceptors (Lipinski definition) is 5. The molecule has 0 aromatic rings. The van der Waals surface area contributed by atoms with E-state index in [1.807, 2.05) is 18.9 Å². The lowest BCUT2D eigenvalue weighted by Gasteiger charge is -2.62. The van der Waals surface area contributed by atoms with Crippen molar-refractivity contribution < 1.29 is 19.5 Å². The molecule has 6 nitrogen and oxygen atoms in total. The van der Waals surface area contributed by atoms with Crippen molar-refractivity contribution in [2.45, 2.75) is 136 Å². The Morgan fingerprint density at radius 1 is 1.03 bits per heavy atom. The van der Waals surface area contributed by atoms with Crippen LogP contribution in [0.15, 0.2) is 0 Å². The molecule has 4 saturated carbocycles. The van der Waals surface area contributed by atoms with Crippen LogP contribution in [0, 0.1) is 46.3 Å².